The van der Waals surface area contributed by atoms with Gasteiger partial charge in [-0.25, -0.2) is 4.79 Å². The fraction of sp³-hybridized carbons (Fsp3) is 0.741. The number of aliphatic carboxylic acids is 1. The average molecular weight is 445 g/mol. The second-order valence-electron chi connectivity index (χ2n) is 11.7. The van der Waals surface area contributed by atoms with Crippen molar-refractivity contribution in [1.82, 2.24) is 0 Å². The molecule has 4 N–H and O–H groups in total. The lowest BCUT2D eigenvalue weighted by molar-refractivity contribution is -0.156. The third-order valence-corrected chi connectivity index (χ3v) is 9.77. The Morgan fingerprint density at radius 1 is 1.22 bits per heavy atom. The maximum absolute atomic E-state index is 11.2. The Labute approximate surface area is 191 Å². The van der Waals surface area contributed by atoms with Crippen LogP contribution in [0.1, 0.15) is 72.6 Å². The normalized spacial score (nSPS) is 44.0. The summed E-state index contributed by atoms with van der Waals surface area (Å²) in [7, 11) is 0. The zero-order valence-electron chi connectivity index (χ0n) is 19.9. The van der Waals surface area contributed by atoms with Crippen molar-refractivity contribution < 1.29 is 25.2 Å². The third-order valence-electron chi connectivity index (χ3n) is 9.77. The van der Waals surface area contributed by atoms with Gasteiger partial charge in [0.05, 0.1) is 12.2 Å². The molecule has 0 spiro atoms. The van der Waals surface area contributed by atoms with E-state index in [9.17, 15) is 20.1 Å². The highest BCUT2D eigenvalue weighted by molar-refractivity contribution is 5.76. The van der Waals surface area contributed by atoms with Crippen LogP contribution >= 0.6 is 0 Å². The minimum atomic E-state index is -1.73. The molecule has 5 heteroatoms. The van der Waals surface area contributed by atoms with Gasteiger partial charge in [0.15, 0.2) is 5.60 Å². The van der Waals surface area contributed by atoms with E-state index >= 15 is 0 Å². The smallest absolute Gasteiger partial charge is 0.335 e. The van der Waals surface area contributed by atoms with E-state index in [0.29, 0.717) is 36.5 Å². The molecule has 0 unspecified atom stereocenters. The Kier molecular flexibility index (Phi) is 6.01. The van der Waals surface area contributed by atoms with E-state index in [2.05, 4.69) is 39.0 Å². The molecule has 0 heterocycles. The fourth-order valence-electron chi connectivity index (χ4n) is 7.69. The number of hydrogen-bond donors (Lipinski definition) is 4. The molecular weight excluding hydrogens is 404 g/mol. The maximum atomic E-state index is 11.2. The summed E-state index contributed by atoms with van der Waals surface area (Å²) >= 11 is 0. The molecule has 5 nitrogen and oxygen atoms in total. The predicted molar refractivity (Wildman–Crippen MR) is 124 cm³/mol. The van der Waals surface area contributed by atoms with Crippen molar-refractivity contribution in [3.63, 3.8) is 0 Å². The SMILES string of the molecule is C[C@H](C=CC[C@@](C)(O)C(=O)O)[C@H]1CC[C@H]2C3=CC=C4C[C@@H](O)C[C@H](O)[C@]4(C)[C@H]3CC[C@]12C. The molecule has 0 saturated heterocycles. The van der Waals surface area contributed by atoms with Crippen LogP contribution in [0.25, 0.3) is 0 Å². The first-order valence-corrected chi connectivity index (χ1v) is 12.3. The zero-order valence-corrected chi connectivity index (χ0v) is 19.9. The predicted octanol–water partition coefficient (Wildman–Crippen LogP) is 4.24. The van der Waals surface area contributed by atoms with Crippen molar-refractivity contribution in [2.75, 3.05) is 0 Å². The number of rotatable bonds is 5. The fourth-order valence-corrected chi connectivity index (χ4v) is 7.69. The summed E-state index contributed by atoms with van der Waals surface area (Å²) in [6.07, 6.45) is 13.2. The molecule has 4 aliphatic carbocycles. The van der Waals surface area contributed by atoms with Gasteiger partial charge in [-0.05, 0) is 68.1 Å². The molecule has 0 aliphatic heterocycles. The number of allylic oxidation sites excluding steroid dienone is 4. The van der Waals surface area contributed by atoms with Gasteiger partial charge in [0, 0.05) is 18.3 Å². The number of fused-ring (bicyclic) bond motifs is 5. The van der Waals surface area contributed by atoms with Crippen molar-refractivity contribution in [1.29, 1.82) is 0 Å². The van der Waals surface area contributed by atoms with Crippen molar-refractivity contribution in [3.8, 4) is 0 Å². The monoisotopic (exact) mass is 444 g/mol. The van der Waals surface area contributed by atoms with Gasteiger partial charge < -0.3 is 20.4 Å². The molecule has 0 radical (unpaired) electrons. The highest BCUT2D eigenvalue weighted by Gasteiger charge is 2.58. The van der Waals surface area contributed by atoms with E-state index in [1.807, 2.05) is 6.08 Å². The highest BCUT2D eigenvalue weighted by Crippen LogP contribution is 2.66. The molecule has 3 fully saturated rings. The molecular formula is C27H40O5. The minimum absolute atomic E-state index is 0.114. The number of aliphatic hydroxyl groups is 3. The summed E-state index contributed by atoms with van der Waals surface area (Å²) in [6, 6.07) is 0. The Morgan fingerprint density at radius 3 is 2.62 bits per heavy atom. The quantitative estimate of drug-likeness (QED) is 0.476. The summed E-state index contributed by atoms with van der Waals surface area (Å²) in [5, 5.41) is 40.3. The van der Waals surface area contributed by atoms with Crippen LogP contribution in [-0.4, -0.2) is 44.2 Å². The van der Waals surface area contributed by atoms with Crippen molar-refractivity contribution in [2.45, 2.75) is 90.4 Å². The molecule has 0 aromatic heterocycles. The van der Waals surface area contributed by atoms with Gasteiger partial charge in [0.1, 0.15) is 0 Å². The summed E-state index contributed by atoms with van der Waals surface area (Å²) in [5.41, 5.74) is 0.890. The second kappa shape index (κ2) is 8.11. The van der Waals surface area contributed by atoms with Crippen LogP contribution in [0.5, 0.6) is 0 Å². The summed E-state index contributed by atoms with van der Waals surface area (Å²) in [5.74, 6) is 0.476. The Bertz CT molecular complexity index is 854. The summed E-state index contributed by atoms with van der Waals surface area (Å²) < 4.78 is 0. The van der Waals surface area contributed by atoms with Crippen LogP contribution < -0.4 is 0 Å². The molecule has 3 saturated carbocycles. The average Bonchev–Trinajstić information content (AvgIpc) is 3.06. The highest BCUT2D eigenvalue weighted by atomic mass is 16.4. The van der Waals surface area contributed by atoms with Gasteiger partial charge in [-0.1, -0.05) is 56.2 Å². The van der Waals surface area contributed by atoms with Gasteiger partial charge in [-0.2, -0.15) is 0 Å². The minimum Gasteiger partial charge on any atom is -0.479 e. The first-order chi connectivity index (χ1) is 14.9. The topological polar surface area (TPSA) is 98.0 Å². The standard InChI is InChI=1S/C27H40O5/c1-16(6-5-12-26(3,32)24(30)31)20-9-10-21-19-8-7-17-14-18(28)15-23(29)27(17,4)22(19)11-13-25(20,21)2/h5-8,16,18,20-23,28-29,32H,9-15H2,1-4H3,(H,30,31)/t16-,18-,20-,21+,22+,23+,25-,26-,27+/m1/s1. The molecule has 0 aromatic rings. The lowest BCUT2D eigenvalue weighted by atomic mass is 9.49. The lowest BCUT2D eigenvalue weighted by Crippen LogP contribution is -2.52. The molecule has 0 bridgehead atoms. The zero-order chi connectivity index (χ0) is 23.5. The van der Waals surface area contributed by atoms with Crippen molar-refractivity contribution in [2.24, 2.45) is 34.5 Å². The first-order valence-electron chi connectivity index (χ1n) is 12.3. The number of carbonyl (C=O) groups is 1. The number of aliphatic hydroxyl groups excluding tert-OH is 2. The van der Waals surface area contributed by atoms with Gasteiger partial charge >= 0.3 is 5.97 Å². The van der Waals surface area contributed by atoms with E-state index in [0.717, 1.165) is 25.7 Å². The van der Waals surface area contributed by atoms with E-state index in [1.165, 1.54) is 18.1 Å². The second-order valence-corrected chi connectivity index (χ2v) is 11.7. The molecule has 4 aliphatic rings. The first kappa shape index (κ1) is 23.7. The van der Waals surface area contributed by atoms with Crippen LogP contribution in [0.3, 0.4) is 0 Å². The Balaban J connectivity index is 1.54. The maximum Gasteiger partial charge on any atom is 0.335 e. The number of carboxylic acid groups (broad SMARTS) is 1. The Hall–Kier alpha value is -1.43. The van der Waals surface area contributed by atoms with E-state index < -0.39 is 23.8 Å². The third kappa shape index (κ3) is 3.61. The van der Waals surface area contributed by atoms with E-state index in [4.69, 9.17) is 5.11 Å². The van der Waals surface area contributed by atoms with Crippen LogP contribution in [0.4, 0.5) is 0 Å². The van der Waals surface area contributed by atoms with Crippen molar-refractivity contribution in [3.05, 3.63) is 35.5 Å². The lowest BCUT2D eigenvalue weighted by Gasteiger charge is -2.56. The molecule has 0 aromatic carbocycles. The van der Waals surface area contributed by atoms with Gasteiger partial charge in [-0.3, -0.25) is 0 Å². The van der Waals surface area contributed by atoms with Gasteiger partial charge in [0.2, 0.25) is 0 Å². The molecule has 4 rings (SSSR count). The van der Waals surface area contributed by atoms with E-state index in [1.54, 1.807) is 0 Å². The molecule has 9 atom stereocenters. The molecule has 178 valence electrons. The molecule has 0 amide bonds. The number of carboxylic acids is 1. The van der Waals surface area contributed by atoms with Crippen LogP contribution in [0, 0.1) is 34.5 Å². The van der Waals surface area contributed by atoms with Gasteiger partial charge in [-0.15, -0.1) is 0 Å². The molecule has 32 heavy (non-hydrogen) atoms. The Morgan fingerprint density at radius 2 is 1.94 bits per heavy atom. The van der Waals surface area contributed by atoms with Crippen LogP contribution in [0.15, 0.2) is 35.5 Å². The largest absolute Gasteiger partial charge is 0.479 e. The number of hydrogen-bond acceptors (Lipinski definition) is 4. The van der Waals surface area contributed by atoms with Crippen LogP contribution in [0.2, 0.25) is 0 Å². The summed E-state index contributed by atoms with van der Waals surface area (Å²) in [6.45, 7) is 8.20. The summed E-state index contributed by atoms with van der Waals surface area (Å²) in [4.78, 5) is 11.2. The van der Waals surface area contributed by atoms with E-state index in [-0.39, 0.29) is 17.3 Å². The van der Waals surface area contributed by atoms with Gasteiger partial charge in [0.25, 0.3) is 0 Å². The van der Waals surface area contributed by atoms with Crippen LogP contribution in [-0.2, 0) is 4.79 Å². The van der Waals surface area contributed by atoms with Crippen molar-refractivity contribution >= 4 is 5.97 Å².